The van der Waals surface area contributed by atoms with Gasteiger partial charge in [0.1, 0.15) is 0 Å². The molecule has 0 radical (unpaired) electrons. The first-order valence-corrected chi connectivity index (χ1v) is 8.11. The van der Waals surface area contributed by atoms with E-state index >= 15 is 0 Å². The number of hydrogen-bond donors (Lipinski definition) is 1. The summed E-state index contributed by atoms with van der Waals surface area (Å²) >= 11 is 0. The normalized spacial score (nSPS) is 17.0. The summed E-state index contributed by atoms with van der Waals surface area (Å²) in [4.78, 5) is 0.275. The van der Waals surface area contributed by atoms with Gasteiger partial charge in [-0.15, -0.1) is 12.4 Å². The van der Waals surface area contributed by atoms with Crippen molar-refractivity contribution in [2.75, 3.05) is 20.1 Å². The van der Waals surface area contributed by atoms with Crippen LogP contribution in [0, 0.1) is 18.3 Å². The van der Waals surface area contributed by atoms with Gasteiger partial charge in [-0.3, -0.25) is 0 Å². The Morgan fingerprint density at radius 1 is 1.33 bits per heavy atom. The third-order valence-corrected chi connectivity index (χ3v) is 5.71. The van der Waals surface area contributed by atoms with E-state index in [1.54, 1.807) is 19.1 Å². The van der Waals surface area contributed by atoms with Crippen LogP contribution in [0.1, 0.15) is 24.0 Å². The van der Waals surface area contributed by atoms with Crippen molar-refractivity contribution in [3.8, 4) is 6.07 Å². The number of nitrogens with zero attached hydrogens (tertiary/aromatic N) is 2. The fraction of sp³-hybridized carbons (Fsp3) is 0.500. The topological polar surface area (TPSA) is 73.2 Å². The highest BCUT2D eigenvalue weighted by molar-refractivity contribution is 7.89. The lowest BCUT2D eigenvalue weighted by molar-refractivity contribution is 0.298. The van der Waals surface area contributed by atoms with E-state index in [1.165, 1.54) is 10.4 Å². The third kappa shape index (κ3) is 3.74. The maximum atomic E-state index is 12.6. The molecule has 0 aromatic heterocycles. The van der Waals surface area contributed by atoms with Gasteiger partial charge in [0.25, 0.3) is 0 Å². The maximum absolute atomic E-state index is 12.6. The van der Waals surface area contributed by atoms with Crippen LogP contribution in [0.5, 0.6) is 0 Å². The minimum atomic E-state index is -3.45. The Balaban J connectivity index is 0.00000220. The molecule has 0 atom stereocenters. The van der Waals surface area contributed by atoms with E-state index in [4.69, 9.17) is 5.26 Å². The fourth-order valence-corrected chi connectivity index (χ4v) is 4.01. The van der Waals surface area contributed by atoms with Crippen LogP contribution in [0.4, 0.5) is 0 Å². The van der Waals surface area contributed by atoms with E-state index in [0.29, 0.717) is 30.3 Å². The summed E-state index contributed by atoms with van der Waals surface area (Å²) in [5, 5.41) is 12.1. The van der Waals surface area contributed by atoms with Crippen LogP contribution < -0.4 is 5.32 Å². The summed E-state index contributed by atoms with van der Waals surface area (Å²) in [5.41, 5.74) is 1.21. The second kappa shape index (κ2) is 7.23. The largest absolute Gasteiger partial charge is 0.317 e. The zero-order valence-electron chi connectivity index (χ0n) is 12.2. The maximum Gasteiger partial charge on any atom is 0.243 e. The number of nitrogens with one attached hydrogen (secondary N) is 1. The van der Waals surface area contributed by atoms with Crippen molar-refractivity contribution in [1.29, 1.82) is 5.26 Å². The second-order valence-corrected chi connectivity index (χ2v) is 6.99. The summed E-state index contributed by atoms with van der Waals surface area (Å²) in [5.74, 6) is 0. The van der Waals surface area contributed by atoms with Crippen molar-refractivity contribution in [2.45, 2.75) is 30.7 Å². The molecule has 1 aliphatic rings. The van der Waals surface area contributed by atoms with Crippen molar-refractivity contribution in [3.05, 3.63) is 29.3 Å². The number of piperidine rings is 1. The third-order valence-electron chi connectivity index (χ3n) is 3.82. The molecule has 0 bridgehead atoms. The first-order valence-electron chi connectivity index (χ1n) is 6.67. The van der Waals surface area contributed by atoms with Crippen molar-refractivity contribution < 1.29 is 8.42 Å². The highest BCUT2D eigenvalue weighted by Crippen LogP contribution is 2.22. The van der Waals surface area contributed by atoms with Gasteiger partial charge < -0.3 is 5.32 Å². The SMILES string of the molecule is CNC1CCN(S(=O)(=O)c2ccc(C#N)c(C)c2)CC1.Cl. The molecule has 1 saturated heterocycles. The molecule has 2 rings (SSSR count). The molecule has 1 fully saturated rings. The Morgan fingerprint density at radius 3 is 2.43 bits per heavy atom. The number of sulfonamides is 1. The lowest BCUT2D eigenvalue weighted by Gasteiger charge is -2.31. The summed E-state index contributed by atoms with van der Waals surface area (Å²) in [6.45, 7) is 2.82. The van der Waals surface area contributed by atoms with Gasteiger partial charge in [-0.1, -0.05) is 0 Å². The van der Waals surface area contributed by atoms with E-state index < -0.39 is 10.0 Å². The minimum Gasteiger partial charge on any atom is -0.317 e. The Hall–Kier alpha value is -1.13. The summed E-state index contributed by atoms with van der Waals surface area (Å²) < 4.78 is 26.6. The molecular formula is C14H20ClN3O2S. The number of benzene rings is 1. The highest BCUT2D eigenvalue weighted by Gasteiger charge is 2.29. The number of halogens is 1. The Labute approximate surface area is 132 Å². The first kappa shape index (κ1) is 17.9. The Bertz CT molecular complexity index is 632. The molecule has 1 aromatic rings. The zero-order chi connectivity index (χ0) is 14.8. The number of hydrogen-bond acceptors (Lipinski definition) is 4. The first-order chi connectivity index (χ1) is 9.48. The smallest absolute Gasteiger partial charge is 0.243 e. The molecule has 0 spiro atoms. The van der Waals surface area contributed by atoms with Crippen molar-refractivity contribution in [3.63, 3.8) is 0 Å². The van der Waals surface area contributed by atoms with E-state index in [2.05, 4.69) is 11.4 Å². The molecule has 0 amide bonds. The van der Waals surface area contributed by atoms with Gasteiger partial charge in [-0.05, 0) is 50.6 Å². The second-order valence-electron chi connectivity index (χ2n) is 5.06. The van der Waals surface area contributed by atoms with E-state index in [0.717, 1.165) is 12.8 Å². The van der Waals surface area contributed by atoms with Crippen LogP contribution in [0.15, 0.2) is 23.1 Å². The van der Waals surface area contributed by atoms with Gasteiger partial charge in [0, 0.05) is 19.1 Å². The monoisotopic (exact) mass is 329 g/mol. The highest BCUT2D eigenvalue weighted by atomic mass is 35.5. The molecule has 1 aliphatic heterocycles. The summed E-state index contributed by atoms with van der Waals surface area (Å²) in [6.07, 6.45) is 1.65. The average Bonchev–Trinajstić information content (AvgIpc) is 2.47. The quantitative estimate of drug-likeness (QED) is 0.915. The molecule has 0 saturated carbocycles. The van der Waals surface area contributed by atoms with Crippen LogP contribution in [-0.4, -0.2) is 38.9 Å². The Morgan fingerprint density at radius 2 is 1.95 bits per heavy atom. The number of rotatable bonds is 3. The van der Waals surface area contributed by atoms with Gasteiger partial charge in [-0.25, -0.2) is 8.42 Å². The van der Waals surface area contributed by atoms with E-state index in [1.807, 2.05) is 7.05 Å². The molecular weight excluding hydrogens is 310 g/mol. The molecule has 1 aromatic carbocycles. The standard InChI is InChI=1S/C14H19N3O2S.ClH/c1-11-9-14(4-3-12(11)10-15)20(18,19)17-7-5-13(16-2)6-8-17;/h3-4,9,13,16H,5-8H2,1-2H3;1H. The molecule has 0 aliphatic carbocycles. The van der Waals surface area contributed by atoms with E-state index in [9.17, 15) is 8.42 Å². The number of aryl methyl sites for hydroxylation is 1. The molecule has 0 unspecified atom stereocenters. The summed E-state index contributed by atoms with van der Waals surface area (Å²) in [7, 11) is -1.54. The van der Waals surface area contributed by atoms with Crippen LogP contribution >= 0.6 is 12.4 Å². The van der Waals surface area contributed by atoms with Crippen molar-refractivity contribution >= 4 is 22.4 Å². The predicted octanol–water partition coefficient (Wildman–Crippen LogP) is 1.66. The van der Waals surface area contributed by atoms with Crippen LogP contribution in [-0.2, 0) is 10.0 Å². The van der Waals surface area contributed by atoms with Crippen molar-refractivity contribution in [1.82, 2.24) is 9.62 Å². The number of nitriles is 1. The molecule has 116 valence electrons. The zero-order valence-corrected chi connectivity index (χ0v) is 13.8. The van der Waals surface area contributed by atoms with Crippen LogP contribution in [0.25, 0.3) is 0 Å². The van der Waals surface area contributed by atoms with Gasteiger partial charge in [0.15, 0.2) is 0 Å². The predicted molar refractivity (Wildman–Crippen MR) is 84.0 cm³/mol. The molecule has 1 N–H and O–H groups in total. The van der Waals surface area contributed by atoms with E-state index in [-0.39, 0.29) is 17.3 Å². The Kier molecular flexibility index (Phi) is 6.17. The van der Waals surface area contributed by atoms with Crippen LogP contribution in [0.3, 0.4) is 0 Å². The fourth-order valence-electron chi connectivity index (χ4n) is 2.46. The molecule has 5 nitrogen and oxygen atoms in total. The lowest BCUT2D eigenvalue weighted by Crippen LogP contribution is -2.43. The lowest BCUT2D eigenvalue weighted by atomic mass is 10.1. The minimum absolute atomic E-state index is 0. The van der Waals surface area contributed by atoms with Gasteiger partial charge >= 0.3 is 0 Å². The van der Waals surface area contributed by atoms with Crippen LogP contribution in [0.2, 0.25) is 0 Å². The van der Waals surface area contributed by atoms with Gasteiger partial charge in [0.2, 0.25) is 10.0 Å². The summed E-state index contributed by atoms with van der Waals surface area (Å²) in [6, 6.07) is 7.12. The molecule has 1 heterocycles. The van der Waals surface area contributed by atoms with Gasteiger partial charge in [-0.2, -0.15) is 9.57 Å². The molecule has 7 heteroatoms. The van der Waals surface area contributed by atoms with Crippen molar-refractivity contribution in [2.24, 2.45) is 0 Å². The molecule has 21 heavy (non-hydrogen) atoms. The average molecular weight is 330 g/mol. The van der Waals surface area contributed by atoms with Gasteiger partial charge in [0.05, 0.1) is 16.5 Å².